The highest BCUT2D eigenvalue weighted by atomic mass is 32.2. The molecule has 0 amide bonds. The number of rotatable bonds is 6. The van der Waals surface area contributed by atoms with Gasteiger partial charge in [0.15, 0.2) is 5.58 Å². The zero-order valence-electron chi connectivity index (χ0n) is 13.4. The molecule has 0 aliphatic carbocycles. The number of nitrogens with one attached hydrogen (secondary N) is 1. The molecule has 2 aromatic rings. The normalized spacial score (nSPS) is 14.0. The number of aliphatic carboxylic acids is 1. The first kappa shape index (κ1) is 17.5. The van der Waals surface area contributed by atoms with Gasteiger partial charge in [-0.25, -0.2) is 13.1 Å². The number of carboxylic acids is 1. The van der Waals surface area contributed by atoms with Crippen LogP contribution in [-0.4, -0.2) is 25.5 Å². The van der Waals surface area contributed by atoms with Crippen molar-refractivity contribution in [3.63, 3.8) is 0 Å². The van der Waals surface area contributed by atoms with E-state index in [1.807, 2.05) is 20.8 Å². The van der Waals surface area contributed by atoms with Gasteiger partial charge >= 0.3 is 5.97 Å². The Labute approximate surface area is 135 Å². The molecule has 0 saturated heterocycles. The molecule has 0 radical (unpaired) electrons. The fourth-order valence-corrected chi connectivity index (χ4v) is 3.97. The van der Waals surface area contributed by atoms with E-state index in [0.29, 0.717) is 11.8 Å². The second-order valence-corrected chi connectivity index (χ2v) is 8.46. The van der Waals surface area contributed by atoms with Gasteiger partial charge in [-0.15, -0.1) is 0 Å². The minimum Gasteiger partial charge on any atom is -0.481 e. The minimum atomic E-state index is -3.88. The summed E-state index contributed by atoms with van der Waals surface area (Å²) in [5.41, 5.74) is 0.0594. The van der Waals surface area contributed by atoms with Crippen LogP contribution in [0.5, 0.6) is 0 Å². The third kappa shape index (κ3) is 4.56. The average molecular weight is 339 g/mol. The Kier molecular flexibility index (Phi) is 4.81. The van der Waals surface area contributed by atoms with Crippen LogP contribution in [0.4, 0.5) is 0 Å². The number of carboxylic acid groups (broad SMARTS) is 1. The Morgan fingerprint density at radius 3 is 2.61 bits per heavy atom. The van der Waals surface area contributed by atoms with Crippen LogP contribution < -0.4 is 4.72 Å². The number of sulfonamides is 1. The van der Waals surface area contributed by atoms with E-state index >= 15 is 0 Å². The van der Waals surface area contributed by atoms with Crippen molar-refractivity contribution in [1.82, 2.24) is 4.72 Å². The van der Waals surface area contributed by atoms with E-state index in [2.05, 4.69) is 4.72 Å². The summed E-state index contributed by atoms with van der Waals surface area (Å²) in [4.78, 5) is 11.1. The smallest absolute Gasteiger partial charge is 0.304 e. The molecule has 6 nitrogen and oxygen atoms in total. The summed E-state index contributed by atoms with van der Waals surface area (Å²) < 4.78 is 33.1. The zero-order chi connectivity index (χ0) is 17.3. The van der Waals surface area contributed by atoms with Gasteiger partial charge in [-0.1, -0.05) is 32.9 Å². The predicted octanol–water partition coefficient (Wildman–Crippen LogP) is 2.99. The lowest BCUT2D eigenvalue weighted by atomic mass is 9.87. The molecule has 0 fully saturated rings. The van der Waals surface area contributed by atoms with Gasteiger partial charge in [-0.05, 0) is 24.0 Å². The van der Waals surface area contributed by atoms with Gasteiger partial charge in [0, 0.05) is 11.4 Å². The van der Waals surface area contributed by atoms with E-state index in [9.17, 15) is 13.2 Å². The Morgan fingerprint density at radius 2 is 2.00 bits per heavy atom. The number of para-hydroxylation sites is 1. The SMILES string of the molecule is CC(C)(C)CC(CC(=O)O)NS(=O)(=O)c1cccc2ccoc12. The fraction of sp³-hybridized carbons (Fsp3) is 0.438. The van der Waals surface area contributed by atoms with Crippen molar-refractivity contribution < 1.29 is 22.7 Å². The van der Waals surface area contributed by atoms with Crippen molar-refractivity contribution in [2.75, 3.05) is 0 Å². The molecule has 0 aliphatic rings. The highest BCUT2D eigenvalue weighted by molar-refractivity contribution is 7.89. The second kappa shape index (κ2) is 6.33. The molecule has 0 saturated carbocycles. The quantitative estimate of drug-likeness (QED) is 0.843. The fourth-order valence-electron chi connectivity index (χ4n) is 2.57. The number of fused-ring (bicyclic) bond motifs is 1. The van der Waals surface area contributed by atoms with Crippen LogP contribution in [0.25, 0.3) is 11.0 Å². The summed E-state index contributed by atoms with van der Waals surface area (Å²) >= 11 is 0. The summed E-state index contributed by atoms with van der Waals surface area (Å²) in [5, 5.41) is 9.71. The van der Waals surface area contributed by atoms with E-state index < -0.39 is 22.0 Å². The van der Waals surface area contributed by atoms with Crippen molar-refractivity contribution in [3.05, 3.63) is 30.5 Å². The summed E-state index contributed by atoms with van der Waals surface area (Å²) in [7, 11) is -3.88. The van der Waals surface area contributed by atoms with Gasteiger partial charge < -0.3 is 9.52 Å². The molecule has 0 aliphatic heterocycles. The first-order chi connectivity index (χ1) is 10.6. The third-order valence-electron chi connectivity index (χ3n) is 3.33. The molecule has 2 rings (SSSR count). The lowest BCUT2D eigenvalue weighted by molar-refractivity contribution is -0.137. The third-order valence-corrected chi connectivity index (χ3v) is 4.88. The first-order valence-electron chi connectivity index (χ1n) is 7.29. The van der Waals surface area contributed by atoms with Crippen LogP contribution in [-0.2, 0) is 14.8 Å². The zero-order valence-corrected chi connectivity index (χ0v) is 14.2. The Bertz CT molecular complexity index is 801. The highest BCUT2D eigenvalue weighted by Crippen LogP contribution is 2.26. The van der Waals surface area contributed by atoms with Crippen LogP contribution >= 0.6 is 0 Å². The second-order valence-electron chi connectivity index (χ2n) is 6.78. The molecule has 1 aromatic heterocycles. The lowest BCUT2D eigenvalue weighted by Gasteiger charge is -2.25. The number of carbonyl (C=O) groups is 1. The molecule has 126 valence electrons. The molecular weight excluding hydrogens is 318 g/mol. The Hall–Kier alpha value is -1.86. The molecule has 1 unspecified atom stereocenters. The molecule has 7 heteroatoms. The van der Waals surface area contributed by atoms with Crippen LogP contribution in [0.1, 0.15) is 33.6 Å². The van der Waals surface area contributed by atoms with Gasteiger partial charge in [0.2, 0.25) is 10.0 Å². The Balaban J connectivity index is 2.33. The van der Waals surface area contributed by atoms with Crippen LogP contribution in [0.2, 0.25) is 0 Å². The van der Waals surface area contributed by atoms with Crippen molar-refractivity contribution in [3.8, 4) is 0 Å². The molecule has 0 bridgehead atoms. The number of furan rings is 1. The topological polar surface area (TPSA) is 96.6 Å². The standard InChI is InChI=1S/C16H21NO5S/c1-16(2,3)10-12(9-14(18)19)17-23(20,21)13-6-4-5-11-7-8-22-15(11)13/h4-8,12,17H,9-10H2,1-3H3,(H,18,19). The van der Waals surface area contributed by atoms with E-state index in [4.69, 9.17) is 9.52 Å². The molecule has 23 heavy (non-hydrogen) atoms. The van der Waals surface area contributed by atoms with Crippen LogP contribution in [0, 0.1) is 5.41 Å². The monoisotopic (exact) mass is 339 g/mol. The highest BCUT2D eigenvalue weighted by Gasteiger charge is 2.28. The average Bonchev–Trinajstić information content (AvgIpc) is 2.82. The van der Waals surface area contributed by atoms with Crippen molar-refractivity contribution in [1.29, 1.82) is 0 Å². The van der Waals surface area contributed by atoms with E-state index in [1.54, 1.807) is 18.2 Å². The van der Waals surface area contributed by atoms with E-state index in [-0.39, 0.29) is 22.3 Å². The van der Waals surface area contributed by atoms with Crippen LogP contribution in [0.3, 0.4) is 0 Å². The minimum absolute atomic E-state index is 0.0179. The first-order valence-corrected chi connectivity index (χ1v) is 8.77. The Morgan fingerprint density at radius 1 is 1.30 bits per heavy atom. The molecule has 0 spiro atoms. The predicted molar refractivity (Wildman–Crippen MR) is 86.6 cm³/mol. The van der Waals surface area contributed by atoms with Gasteiger partial charge in [0.25, 0.3) is 0 Å². The largest absolute Gasteiger partial charge is 0.481 e. The molecular formula is C16H21NO5S. The molecule has 1 heterocycles. The number of hydrogen-bond acceptors (Lipinski definition) is 4. The van der Waals surface area contributed by atoms with Crippen molar-refractivity contribution >= 4 is 27.0 Å². The molecule has 2 N–H and O–H groups in total. The maximum atomic E-state index is 12.7. The van der Waals surface area contributed by atoms with Gasteiger partial charge in [-0.2, -0.15) is 0 Å². The van der Waals surface area contributed by atoms with E-state index in [0.717, 1.165) is 0 Å². The maximum Gasteiger partial charge on any atom is 0.304 e. The van der Waals surface area contributed by atoms with Crippen molar-refractivity contribution in [2.24, 2.45) is 5.41 Å². The number of hydrogen-bond donors (Lipinski definition) is 2. The van der Waals surface area contributed by atoms with Crippen molar-refractivity contribution in [2.45, 2.75) is 44.6 Å². The summed E-state index contributed by atoms with van der Waals surface area (Å²) in [5.74, 6) is -1.04. The summed E-state index contributed by atoms with van der Waals surface area (Å²) in [6, 6.07) is 5.81. The van der Waals surface area contributed by atoms with Crippen LogP contribution in [0.15, 0.2) is 39.8 Å². The summed E-state index contributed by atoms with van der Waals surface area (Å²) in [6.45, 7) is 5.80. The summed E-state index contributed by atoms with van der Waals surface area (Å²) in [6.07, 6.45) is 1.56. The van der Waals surface area contributed by atoms with Gasteiger partial charge in [0.05, 0.1) is 12.7 Å². The molecule has 1 atom stereocenters. The van der Waals surface area contributed by atoms with E-state index in [1.165, 1.54) is 12.3 Å². The van der Waals surface area contributed by atoms with Gasteiger partial charge in [0.1, 0.15) is 4.90 Å². The number of benzene rings is 1. The molecule has 1 aromatic carbocycles. The lowest BCUT2D eigenvalue weighted by Crippen LogP contribution is -2.39. The maximum absolute atomic E-state index is 12.7. The van der Waals surface area contributed by atoms with Gasteiger partial charge in [-0.3, -0.25) is 4.79 Å².